The number of benzene rings is 3. The van der Waals surface area contributed by atoms with E-state index in [2.05, 4.69) is 10.2 Å². The van der Waals surface area contributed by atoms with Gasteiger partial charge in [0.15, 0.2) is 4.34 Å². The van der Waals surface area contributed by atoms with Crippen LogP contribution in [0.3, 0.4) is 0 Å². The first-order valence-electron chi connectivity index (χ1n) is 10.7. The van der Waals surface area contributed by atoms with E-state index >= 15 is 0 Å². The number of anilines is 1. The molecule has 5 rings (SSSR count). The molecule has 1 aliphatic heterocycles. The number of aliphatic hydroxyl groups is 1. The van der Waals surface area contributed by atoms with E-state index in [1.807, 2.05) is 0 Å². The van der Waals surface area contributed by atoms with E-state index in [1.54, 1.807) is 42.5 Å². The van der Waals surface area contributed by atoms with E-state index in [9.17, 15) is 23.5 Å². The number of hydrogen-bond acceptors (Lipinski definition) is 7. The van der Waals surface area contributed by atoms with Crippen LogP contribution in [0.1, 0.15) is 22.7 Å². The molecular formula is C26H17F2N3O3S2. The van der Waals surface area contributed by atoms with Gasteiger partial charge in [-0.05, 0) is 35.4 Å². The zero-order chi connectivity index (χ0) is 25.2. The van der Waals surface area contributed by atoms with Gasteiger partial charge in [0.2, 0.25) is 5.13 Å². The lowest BCUT2D eigenvalue weighted by atomic mass is 9.95. The number of ketones is 1. The molecule has 1 fully saturated rings. The maximum atomic E-state index is 13.7. The van der Waals surface area contributed by atoms with Gasteiger partial charge in [-0.2, -0.15) is 0 Å². The summed E-state index contributed by atoms with van der Waals surface area (Å²) in [5, 5.41) is 19.5. The lowest BCUT2D eigenvalue weighted by Gasteiger charge is -2.22. The van der Waals surface area contributed by atoms with Crippen molar-refractivity contribution < 1.29 is 23.5 Å². The van der Waals surface area contributed by atoms with Crippen molar-refractivity contribution in [3.05, 3.63) is 113 Å². The summed E-state index contributed by atoms with van der Waals surface area (Å²) in [5.74, 6) is -2.37. The molecule has 36 heavy (non-hydrogen) atoms. The normalized spacial score (nSPS) is 17.1. The van der Waals surface area contributed by atoms with Crippen molar-refractivity contribution in [3.8, 4) is 0 Å². The van der Waals surface area contributed by atoms with Gasteiger partial charge in [-0.3, -0.25) is 14.5 Å². The molecule has 1 atom stereocenters. The number of carbonyl (C=O) groups is 2. The Morgan fingerprint density at radius 1 is 0.917 bits per heavy atom. The monoisotopic (exact) mass is 521 g/mol. The van der Waals surface area contributed by atoms with Crippen molar-refractivity contribution in [3.63, 3.8) is 0 Å². The van der Waals surface area contributed by atoms with Gasteiger partial charge in [-0.1, -0.05) is 77.7 Å². The Morgan fingerprint density at radius 2 is 1.56 bits per heavy atom. The van der Waals surface area contributed by atoms with Gasteiger partial charge in [0.05, 0.1) is 11.6 Å². The summed E-state index contributed by atoms with van der Waals surface area (Å²) < 4.78 is 27.4. The number of rotatable bonds is 6. The second-order valence-corrected chi connectivity index (χ2v) is 10.0. The molecule has 1 aliphatic rings. The van der Waals surface area contributed by atoms with E-state index in [0.717, 1.165) is 16.9 Å². The molecule has 0 saturated carbocycles. The minimum Gasteiger partial charge on any atom is -0.507 e. The fraction of sp³-hybridized carbons (Fsp3) is 0.0769. The van der Waals surface area contributed by atoms with Crippen LogP contribution in [0.25, 0.3) is 5.76 Å². The third-order valence-electron chi connectivity index (χ3n) is 5.55. The summed E-state index contributed by atoms with van der Waals surface area (Å²) in [4.78, 5) is 27.5. The molecule has 0 spiro atoms. The highest BCUT2D eigenvalue weighted by molar-refractivity contribution is 8.00. The molecule has 2 heterocycles. The van der Waals surface area contributed by atoms with E-state index in [1.165, 1.54) is 53.1 Å². The van der Waals surface area contributed by atoms with Gasteiger partial charge >= 0.3 is 5.91 Å². The van der Waals surface area contributed by atoms with Gasteiger partial charge in [-0.15, -0.1) is 10.2 Å². The fourth-order valence-corrected chi connectivity index (χ4v) is 5.65. The van der Waals surface area contributed by atoms with Crippen LogP contribution < -0.4 is 4.90 Å². The molecule has 1 aromatic heterocycles. The summed E-state index contributed by atoms with van der Waals surface area (Å²) in [6.07, 6.45) is 0. The first-order valence-corrected chi connectivity index (χ1v) is 12.5. The molecule has 1 N–H and O–H groups in total. The lowest BCUT2D eigenvalue weighted by Crippen LogP contribution is -2.29. The Kier molecular flexibility index (Phi) is 6.62. The van der Waals surface area contributed by atoms with Gasteiger partial charge < -0.3 is 5.11 Å². The molecule has 6 nitrogen and oxygen atoms in total. The van der Waals surface area contributed by atoms with Crippen LogP contribution in [0.5, 0.6) is 0 Å². The number of carbonyl (C=O) groups excluding carboxylic acids is 2. The Hall–Kier alpha value is -3.89. The Bertz CT molecular complexity index is 1460. The van der Waals surface area contributed by atoms with Crippen LogP contribution in [0.2, 0.25) is 0 Å². The van der Waals surface area contributed by atoms with Crippen molar-refractivity contribution in [2.24, 2.45) is 0 Å². The lowest BCUT2D eigenvalue weighted by molar-refractivity contribution is -0.132. The van der Waals surface area contributed by atoms with Crippen LogP contribution in [-0.4, -0.2) is 27.0 Å². The average molecular weight is 522 g/mol. The van der Waals surface area contributed by atoms with Crippen molar-refractivity contribution in [2.75, 3.05) is 4.90 Å². The molecule has 1 unspecified atom stereocenters. The number of halogens is 2. The minimum atomic E-state index is -1.02. The SMILES string of the molecule is O=C1C(=O)N(c2nnc(SCc3ccc(F)cc3)s2)C(c2ccc(F)cc2)/C1=C(/O)c1ccccc1. The van der Waals surface area contributed by atoms with Crippen molar-refractivity contribution in [1.82, 2.24) is 10.2 Å². The second-order valence-electron chi connectivity index (χ2n) is 7.85. The molecule has 3 aromatic carbocycles. The van der Waals surface area contributed by atoms with Gasteiger partial charge in [-0.25, -0.2) is 8.78 Å². The third kappa shape index (κ3) is 4.65. The molecule has 1 saturated heterocycles. The number of nitrogens with zero attached hydrogens (tertiary/aromatic N) is 3. The van der Waals surface area contributed by atoms with Crippen LogP contribution in [-0.2, 0) is 15.3 Å². The second kappa shape index (κ2) is 10.00. The maximum Gasteiger partial charge on any atom is 0.301 e. The van der Waals surface area contributed by atoms with Crippen molar-refractivity contribution in [2.45, 2.75) is 16.1 Å². The maximum absolute atomic E-state index is 13.7. The van der Waals surface area contributed by atoms with E-state index in [4.69, 9.17) is 0 Å². The number of thioether (sulfide) groups is 1. The molecule has 4 aromatic rings. The highest BCUT2D eigenvalue weighted by Gasteiger charge is 2.48. The Balaban J connectivity index is 1.52. The minimum absolute atomic E-state index is 0.117. The van der Waals surface area contributed by atoms with Crippen LogP contribution >= 0.6 is 23.1 Å². The molecule has 0 aliphatic carbocycles. The molecule has 0 radical (unpaired) electrons. The molecule has 0 bridgehead atoms. The van der Waals surface area contributed by atoms with Crippen molar-refractivity contribution >= 4 is 45.7 Å². The molecule has 1 amide bonds. The number of hydrogen-bond donors (Lipinski definition) is 1. The summed E-state index contributed by atoms with van der Waals surface area (Å²) in [5.41, 5.74) is 1.57. The molecular weight excluding hydrogens is 504 g/mol. The first-order chi connectivity index (χ1) is 17.4. The fourth-order valence-electron chi connectivity index (χ4n) is 3.83. The quantitative estimate of drug-likeness (QED) is 0.115. The zero-order valence-corrected chi connectivity index (χ0v) is 20.1. The topological polar surface area (TPSA) is 83.4 Å². The van der Waals surface area contributed by atoms with Crippen LogP contribution in [0, 0.1) is 11.6 Å². The summed E-state index contributed by atoms with van der Waals surface area (Å²) in [7, 11) is 0. The Morgan fingerprint density at radius 3 is 2.22 bits per heavy atom. The van der Waals surface area contributed by atoms with E-state index < -0.39 is 23.5 Å². The number of amides is 1. The van der Waals surface area contributed by atoms with Crippen molar-refractivity contribution in [1.29, 1.82) is 0 Å². The van der Waals surface area contributed by atoms with Gasteiger partial charge in [0, 0.05) is 11.3 Å². The smallest absolute Gasteiger partial charge is 0.301 e. The number of Topliss-reactive ketones (excluding diaryl/α,β-unsaturated/α-hetero) is 1. The number of aromatic nitrogens is 2. The highest BCUT2D eigenvalue weighted by Crippen LogP contribution is 2.44. The standard InChI is InChI=1S/C26H17F2N3O3S2/c27-18-10-6-15(7-11-18)14-35-26-30-29-25(36-26)31-21(16-8-12-19(28)13-9-16)20(23(33)24(31)34)22(32)17-4-2-1-3-5-17/h1-13,21,32H,14H2/b22-20-. The Labute approximate surface area is 212 Å². The summed E-state index contributed by atoms with van der Waals surface area (Å²) in [6, 6.07) is 18.8. The number of aliphatic hydroxyl groups excluding tert-OH is 1. The highest BCUT2D eigenvalue weighted by atomic mass is 32.2. The van der Waals surface area contributed by atoms with Crippen LogP contribution in [0.4, 0.5) is 13.9 Å². The summed E-state index contributed by atoms with van der Waals surface area (Å²) >= 11 is 2.46. The zero-order valence-electron chi connectivity index (χ0n) is 18.5. The van der Waals surface area contributed by atoms with E-state index in [-0.39, 0.29) is 22.3 Å². The summed E-state index contributed by atoms with van der Waals surface area (Å²) in [6.45, 7) is 0. The van der Waals surface area contributed by atoms with Gasteiger partial charge in [0.25, 0.3) is 5.78 Å². The average Bonchev–Trinajstić information content (AvgIpc) is 3.46. The largest absolute Gasteiger partial charge is 0.507 e. The predicted molar refractivity (Wildman–Crippen MR) is 133 cm³/mol. The van der Waals surface area contributed by atoms with Gasteiger partial charge in [0.1, 0.15) is 17.4 Å². The molecule has 180 valence electrons. The van der Waals surface area contributed by atoms with Crippen LogP contribution in [0.15, 0.2) is 88.8 Å². The molecule has 10 heteroatoms. The third-order valence-corrected chi connectivity index (χ3v) is 7.68. The predicted octanol–water partition coefficient (Wildman–Crippen LogP) is 5.73. The first kappa shape index (κ1) is 23.8. The van der Waals surface area contributed by atoms with E-state index in [0.29, 0.717) is 21.2 Å².